The zero-order valence-corrected chi connectivity index (χ0v) is 13.9. The van der Waals surface area contributed by atoms with Gasteiger partial charge in [-0.3, -0.25) is 4.90 Å². The number of nitrogens with zero attached hydrogens (tertiary/aromatic N) is 2. The first-order chi connectivity index (χ1) is 11.0. The van der Waals surface area contributed by atoms with Crippen molar-refractivity contribution in [1.82, 2.24) is 9.80 Å². The lowest BCUT2D eigenvalue weighted by Crippen LogP contribution is -2.49. The maximum Gasteiger partial charge on any atom is 0.128 e. The summed E-state index contributed by atoms with van der Waals surface area (Å²) in [4.78, 5) is 4.29. The summed E-state index contributed by atoms with van der Waals surface area (Å²) in [5.74, 6) is -0.276. The molecule has 1 aromatic rings. The van der Waals surface area contributed by atoms with Gasteiger partial charge in [-0.25, -0.2) is 4.39 Å². The highest BCUT2D eigenvalue weighted by atomic mass is 19.1. The van der Waals surface area contributed by atoms with E-state index in [1.165, 1.54) is 6.07 Å². The lowest BCUT2D eigenvalue weighted by atomic mass is 10.2. The number of hydrogen-bond donors (Lipinski definition) is 1. The number of morpholine rings is 1. The van der Waals surface area contributed by atoms with Crippen LogP contribution in [0.1, 0.15) is 5.56 Å². The van der Waals surface area contributed by atoms with Crippen molar-refractivity contribution in [3.8, 4) is 0 Å². The average molecular weight is 326 g/mol. The van der Waals surface area contributed by atoms with Gasteiger partial charge in [-0.15, -0.1) is 0 Å². The molecule has 130 valence electrons. The third kappa shape index (κ3) is 6.53. The van der Waals surface area contributed by atoms with Crippen molar-refractivity contribution < 1.29 is 19.0 Å². The first-order valence-electron chi connectivity index (χ1n) is 8.02. The largest absolute Gasteiger partial charge is 0.389 e. The van der Waals surface area contributed by atoms with Crippen molar-refractivity contribution >= 4 is 0 Å². The first-order valence-corrected chi connectivity index (χ1v) is 8.02. The Labute approximate surface area is 137 Å². The number of halogens is 1. The number of ether oxygens (including phenoxy) is 2. The van der Waals surface area contributed by atoms with Crippen LogP contribution in [0.2, 0.25) is 0 Å². The second kappa shape index (κ2) is 9.30. The first kappa shape index (κ1) is 18.3. The van der Waals surface area contributed by atoms with Gasteiger partial charge in [0, 0.05) is 31.7 Å². The third-order valence-corrected chi connectivity index (χ3v) is 3.79. The lowest BCUT2D eigenvalue weighted by molar-refractivity contribution is -0.0585. The molecule has 2 unspecified atom stereocenters. The SMILES string of the molecule is CN(C)CC1CN(CC(O)COCc2ccccc2F)CCO1. The van der Waals surface area contributed by atoms with Gasteiger partial charge in [0.25, 0.3) is 0 Å². The van der Waals surface area contributed by atoms with Crippen molar-refractivity contribution in [1.29, 1.82) is 0 Å². The van der Waals surface area contributed by atoms with Crippen LogP contribution in [0.15, 0.2) is 24.3 Å². The summed E-state index contributed by atoms with van der Waals surface area (Å²) in [6.07, 6.45) is -0.412. The summed E-state index contributed by atoms with van der Waals surface area (Å²) in [7, 11) is 4.04. The second-order valence-electron chi connectivity index (χ2n) is 6.27. The normalized spacial score (nSPS) is 20.8. The molecule has 0 saturated carbocycles. The second-order valence-corrected chi connectivity index (χ2v) is 6.27. The molecule has 0 amide bonds. The van der Waals surface area contributed by atoms with E-state index in [1.54, 1.807) is 18.2 Å². The molecule has 1 aliphatic rings. The third-order valence-electron chi connectivity index (χ3n) is 3.79. The monoisotopic (exact) mass is 326 g/mol. The molecule has 0 aliphatic carbocycles. The predicted molar refractivity (Wildman–Crippen MR) is 86.8 cm³/mol. The summed E-state index contributed by atoms with van der Waals surface area (Å²) in [6, 6.07) is 6.52. The van der Waals surface area contributed by atoms with Crippen LogP contribution in [-0.4, -0.2) is 80.6 Å². The van der Waals surface area contributed by atoms with Crippen LogP contribution < -0.4 is 0 Å². The van der Waals surface area contributed by atoms with Gasteiger partial charge in [-0.05, 0) is 20.2 Å². The van der Waals surface area contributed by atoms with Crippen LogP contribution in [0.4, 0.5) is 4.39 Å². The molecule has 2 rings (SSSR count). The molecule has 0 radical (unpaired) electrons. The number of aliphatic hydroxyl groups excluding tert-OH is 1. The van der Waals surface area contributed by atoms with E-state index >= 15 is 0 Å². The zero-order valence-electron chi connectivity index (χ0n) is 13.9. The fraction of sp³-hybridized carbons (Fsp3) is 0.647. The molecule has 6 heteroatoms. The number of rotatable bonds is 8. The standard InChI is InChI=1S/C17H27FN2O3/c1-19(2)10-16-11-20(7-8-23-16)9-15(21)13-22-12-14-5-3-4-6-17(14)18/h3-6,15-16,21H,7-13H2,1-2H3. The molecule has 0 spiro atoms. The highest BCUT2D eigenvalue weighted by molar-refractivity contribution is 5.16. The minimum Gasteiger partial charge on any atom is -0.389 e. The number of aliphatic hydroxyl groups is 1. The zero-order chi connectivity index (χ0) is 16.7. The van der Waals surface area contributed by atoms with Crippen molar-refractivity contribution in [3.05, 3.63) is 35.6 Å². The summed E-state index contributed by atoms with van der Waals surface area (Å²) in [6.45, 7) is 4.10. The Bertz CT molecular complexity index is 473. The Kier molecular flexibility index (Phi) is 7.39. The topological polar surface area (TPSA) is 45.2 Å². The smallest absolute Gasteiger partial charge is 0.128 e. The van der Waals surface area contributed by atoms with E-state index in [0.717, 1.165) is 19.6 Å². The van der Waals surface area contributed by atoms with Crippen LogP contribution in [0.5, 0.6) is 0 Å². The number of likely N-dealkylation sites (N-methyl/N-ethyl adjacent to an activating group) is 1. The number of benzene rings is 1. The Morgan fingerprint density at radius 1 is 1.43 bits per heavy atom. The van der Waals surface area contributed by atoms with E-state index in [2.05, 4.69) is 9.80 Å². The summed E-state index contributed by atoms with van der Waals surface area (Å²) >= 11 is 0. The van der Waals surface area contributed by atoms with Crippen LogP contribution >= 0.6 is 0 Å². The van der Waals surface area contributed by atoms with Gasteiger partial charge < -0.3 is 19.5 Å². The molecule has 1 aliphatic heterocycles. The Hall–Kier alpha value is -1.05. The molecule has 0 bridgehead atoms. The molecule has 23 heavy (non-hydrogen) atoms. The highest BCUT2D eigenvalue weighted by Crippen LogP contribution is 2.09. The van der Waals surface area contributed by atoms with E-state index in [4.69, 9.17) is 9.47 Å². The number of hydrogen-bond acceptors (Lipinski definition) is 5. The van der Waals surface area contributed by atoms with Gasteiger partial charge in [0.2, 0.25) is 0 Å². The molecule has 5 nitrogen and oxygen atoms in total. The molecular formula is C17H27FN2O3. The van der Waals surface area contributed by atoms with Crippen molar-refractivity contribution in [2.75, 3.05) is 53.5 Å². The van der Waals surface area contributed by atoms with Crippen molar-refractivity contribution in [3.63, 3.8) is 0 Å². The molecule has 2 atom stereocenters. The summed E-state index contributed by atoms with van der Waals surface area (Å²) in [5.41, 5.74) is 0.511. The van der Waals surface area contributed by atoms with Gasteiger partial charge in [0.1, 0.15) is 5.82 Å². The Morgan fingerprint density at radius 3 is 2.96 bits per heavy atom. The maximum absolute atomic E-state index is 13.5. The summed E-state index contributed by atoms with van der Waals surface area (Å²) < 4.78 is 24.6. The molecule has 1 aromatic carbocycles. The maximum atomic E-state index is 13.5. The predicted octanol–water partition coefficient (Wildman–Crippen LogP) is 0.966. The van der Waals surface area contributed by atoms with E-state index < -0.39 is 6.10 Å². The van der Waals surface area contributed by atoms with Gasteiger partial charge in [0.05, 0.1) is 32.0 Å². The van der Waals surface area contributed by atoms with E-state index in [1.807, 2.05) is 14.1 Å². The van der Waals surface area contributed by atoms with Gasteiger partial charge in [-0.2, -0.15) is 0 Å². The highest BCUT2D eigenvalue weighted by Gasteiger charge is 2.22. The molecule has 1 saturated heterocycles. The van der Waals surface area contributed by atoms with E-state index in [0.29, 0.717) is 18.7 Å². The van der Waals surface area contributed by atoms with E-state index in [-0.39, 0.29) is 25.1 Å². The van der Waals surface area contributed by atoms with Gasteiger partial charge in [-0.1, -0.05) is 18.2 Å². The minimum absolute atomic E-state index is 0.172. The molecule has 0 aromatic heterocycles. The minimum atomic E-state index is -0.583. The Morgan fingerprint density at radius 2 is 2.22 bits per heavy atom. The van der Waals surface area contributed by atoms with Crippen LogP contribution in [0.3, 0.4) is 0 Å². The molecule has 1 fully saturated rings. The van der Waals surface area contributed by atoms with Gasteiger partial charge in [0.15, 0.2) is 0 Å². The molecule has 1 N–H and O–H groups in total. The van der Waals surface area contributed by atoms with Crippen LogP contribution in [0, 0.1) is 5.82 Å². The van der Waals surface area contributed by atoms with Crippen LogP contribution in [-0.2, 0) is 16.1 Å². The van der Waals surface area contributed by atoms with Gasteiger partial charge >= 0.3 is 0 Å². The van der Waals surface area contributed by atoms with Crippen LogP contribution in [0.25, 0.3) is 0 Å². The number of β-amino-alcohol motifs (C(OH)–C–C–N with tert-alkyl or cyclic N) is 1. The van der Waals surface area contributed by atoms with Crippen molar-refractivity contribution in [2.45, 2.75) is 18.8 Å². The molecule has 1 heterocycles. The lowest BCUT2D eigenvalue weighted by Gasteiger charge is -2.35. The van der Waals surface area contributed by atoms with E-state index in [9.17, 15) is 9.50 Å². The quantitative estimate of drug-likeness (QED) is 0.771. The fourth-order valence-electron chi connectivity index (χ4n) is 2.74. The molecular weight excluding hydrogens is 299 g/mol. The average Bonchev–Trinajstić information content (AvgIpc) is 2.49. The van der Waals surface area contributed by atoms with Crippen molar-refractivity contribution in [2.24, 2.45) is 0 Å². The fourth-order valence-corrected chi connectivity index (χ4v) is 2.74. The Balaban J connectivity index is 1.68. The summed E-state index contributed by atoms with van der Waals surface area (Å²) in [5, 5.41) is 10.1.